The zero-order valence-electron chi connectivity index (χ0n) is 8.90. The molecule has 2 heterocycles. The van der Waals surface area contributed by atoms with Crippen LogP contribution in [0.3, 0.4) is 0 Å². The molecule has 2 aromatic heterocycles. The Kier molecular flexibility index (Phi) is 2.95. The maximum Gasteiger partial charge on any atom is 0.269 e. The Morgan fingerprint density at radius 1 is 1.44 bits per heavy atom. The third-order valence-electron chi connectivity index (χ3n) is 2.12. The molecule has 5 heteroatoms. The molecule has 0 saturated heterocycles. The molecule has 0 spiro atoms. The number of aryl methyl sites for hydroxylation is 1. The van der Waals surface area contributed by atoms with E-state index in [1.165, 1.54) is 0 Å². The lowest BCUT2D eigenvalue weighted by atomic mass is 10.3. The Labute approximate surface area is 92.9 Å². The van der Waals surface area contributed by atoms with Crippen molar-refractivity contribution in [2.45, 2.75) is 13.5 Å². The number of hydrogen-bond donors (Lipinski definition) is 2. The zero-order valence-corrected chi connectivity index (χ0v) is 8.90. The molecule has 82 valence electrons. The summed E-state index contributed by atoms with van der Waals surface area (Å²) in [4.78, 5) is 15.8. The Morgan fingerprint density at radius 2 is 2.31 bits per heavy atom. The van der Waals surface area contributed by atoms with E-state index in [4.69, 9.17) is 0 Å². The van der Waals surface area contributed by atoms with Crippen LogP contribution >= 0.6 is 0 Å². The molecular weight excluding hydrogens is 204 g/mol. The summed E-state index contributed by atoms with van der Waals surface area (Å²) >= 11 is 0. The molecule has 0 bridgehead atoms. The van der Waals surface area contributed by atoms with E-state index in [1.807, 2.05) is 25.1 Å². The number of pyridine rings is 1. The van der Waals surface area contributed by atoms with Gasteiger partial charge in [0.2, 0.25) is 0 Å². The second kappa shape index (κ2) is 4.57. The fourth-order valence-electron chi connectivity index (χ4n) is 1.35. The van der Waals surface area contributed by atoms with Crippen LogP contribution in [0.1, 0.15) is 21.9 Å². The van der Waals surface area contributed by atoms with E-state index in [1.54, 1.807) is 12.3 Å². The van der Waals surface area contributed by atoms with Crippen LogP contribution in [0.4, 0.5) is 0 Å². The lowest BCUT2D eigenvalue weighted by Gasteiger charge is -2.03. The summed E-state index contributed by atoms with van der Waals surface area (Å²) in [6.07, 6.45) is 1.54. The van der Waals surface area contributed by atoms with E-state index in [0.29, 0.717) is 12.2 Å². The molecule has 0 aromatic carbocycles. The fourth-order valence-corrected chi connectivity index (χ4v) is 1.35. The first kappa shape index (κ1) is 10.4. The minimum atomic E-state index is -0.180. The predicted octanol–water partition coefficient (Wildman–Crippen LogP) is 1.04. The number of aromatic nitrogens is 3. The summed E-state index contributed by atoms with van der Waals surface area (Å²) in [7, 11) is 0. The number of aromatic amines is 1. The van der Waals surface area contributed by atoms with E-state index in [9.17, 15) is 4.79 Å². The van der Waals surface area contributed by atoms with Gasteiger partial charge in [0.15, 0.2) is 0 Å². The van der Waals surface area contributed by atoms with Crippen molar-refractivity contribution in [1.29, 1.82) is 0 Å². The molecule has 0 aliphatic carbocycles. The number of amides is 1. The summed E-state index contributed by atoms with van der Waals surface area (Å²) < 4.78 is 0. The van der Waals surface area contributed by atoms with Crippen molar-refractivity contribution >= 4 is 5.91 Å². The first-order valence-corrected chi connectivity index (χ1v) is 4.96. The standard InChI is InChI=1S/C11H12N4O/c1-8-3-2-4-9(14-8)7-12-11(16)10-5-6-13-15-10/h2-6H,7H2,1H3,(H,12,16)(H,13,15). The van der Waals surface area contributed by atoms with Gasteiger partial charge in [-0.15, -0.1) is 0 Å². The highest BCUT2D eigenvalue weighted by molar-refractivity contribution is 5.91. The van der Waals surface area contributed by atoms with Crippen LogP contribution in [-0.4, -0.2) is 21.1 Å². The van der Waals surface area contributed by atoms with Crippen LogP contribution in [0.5, 0.6) is 0 Å². The second-order valence-electron chi connectivity index (χ2n) is 3.42. The third-order valence-corrected chi connectivity index (χ3v) is 2.12. The summed E-state index contributed by atoms with van der Waals surface area (Å²) in [5.74, 6) is -0.180. The molecule has 0 saturated carbocycles. The van der Waals surface area contributed by atoms with Crippen LogP contribution in [0.2, 0.25) is 0 Å². The van der Waals surface area contributed by atoms with Crippen LogP contribution in [0, 0.1) is 6.92 Å². The van der Waals surface area contributed by atoms with Gasteiger partial charge in [-0.1, -0.05) is 6.07 Å². The summed E-state index contributed by atoms with van der Waals surface area (Å²) in [6, 6.07) is 7.33. The first-order valence-electron chi connectivity index (χ1n) is 4.96. The Balaban J connectivity index is 1.95. The third kappa shape index (κ3) is 2.44. The van der Waals surface area contributed by atoms with E-state index >= 15 is 0 Å². The molecule has 0 atom stereocenters. The van der Waals surface area contributed by atoms with E-state index in [2.05, 4.69) is 20.5 Å². The summed E-state index contributed by atoms with van der Waals surface area (Å²) in [5, 5.41) is 9.07. The Morgan fingerprint density at radius 3 is 3.00 bits per heavy atom. The molecule has 0 unspecified atom stereocenters. The molecule has 2 rings (SSSR count). The van der Waals surface area contributed by atoms with Crippen molar-refractivity contribution < 1.29 is 4.79 Å². The van der Waals surface area contributed by atoms with Crippen molar-refractivity contribution in [3.63, 3.8) is 0 Å². The minimum absolute atomic E-state index is 0.180. The maximum atomic E-state index is 11.6. The van der Waals surface area contributed by atoms with Crippen LogP contribution in [0.25, 0.3) is 0 Å². The van der Waals surface area contributed by atoms with Crippen molar-refractivity contribution in [2.24, 2.45) is 0 Å². The first-order chi connectivity index (χ1) is 7.75. The molecule has 1 amide bonds. The van der Waals surface area contributed by atoms with Crippen molar-refractivity contribution in [2.75, 3.05) is 0 Å². The van der Waals surface area contributed by atoms with Gasteiger partial charge in [0.1, 0.15) is 5.69 Å². The van der Waals surface area contributed by atoms with Gasteiger partial charge in [0.25, 0.3) is 5.91 Å². The van der Waals surface area contributed by atoms with E-state index < -0.39 is 0 Å². The summed E-state index contributed by atoms with van der Waals surface area (Å²) in [5.41, 5.74) is 2.23. The van der Waals surface area contributed by atoms with Crippen LogP contribution in [0.15, 0.2) is 30.5 Å². The van der Waals surface area contributed by atoms with E-state index in [-0.39, 0.29) is 5.91 Å². The molecule has 5 nitrogen and oxygen atoms in total. The highest BCUT2D eigenvalue weighted by atomic mass is 16.1. The molecule has 0 radical (unpaired) electrons. The molecule has 16 heavy (non-hydrogen) atoms. The topological polar surface area (TPSA) is 70.7 Å². The molecule has 2 N–H and O–H groups in total. The number of rotatable bonds is 3. The largest absolute Gasteiger partial charge is 0.345 e. The normalized spacial score (nSPS) is 10.1. The number of carbonyl (C=O) groups is 1. The maximum absolute atomic E-state index is 11.6. The van der Waals surface area contributed by atoms with Gasteiger partial charge < -0.3 is 5.32 Å². The number of H-pyrrole nitrogens is 1. The van der Waals surface area contributed by atoms with Crippen molar-refractivity contribution in [1.82, 2.24) is 20.5 Å². The average molecular weight is 216 g/mol. The number of carbonyl (C=O) groups excluding carboxylic acids is 1. The van der Waals surface area contributed by atoms with E-state index in [0.717, 1.165) is 11.4 Å². The molecular formula is C11H12N4O. The highest BCUT2D eigenvalue weighted by Gasteiger charge is 2.05. The fraction of sp³-hybridized carbons (Fsp3) is 0.182. The Hall–Kier alpha value is -2.17. The summed E-state index contributed by atoms with van der Waals surface area (Å²) in [6.45, 7) is 2.33. The molecule has 0 fully saturated rings. The minimum Gasteiger partial charge on any atom is -0.345 e. The number of nitrogens with zero attached hydrogens (tertiary/aromatic N) is 2. The van der Waals surface area contributed by atoms with Crippen LogP contribution in [-0.2, 0) is 6.54 Å². The van der Waals surface area contributed by atoms with Crippen molar-refractivity contribution in [3.05, 3.63) is 47.5 Å². The predicted molar refractivity (Wildman–Crippen MR) is 58.7 cm³/mol. The number of nitrogens with one attached hydrogen (secondary N) is 2. The Bertz CT molecular complexity index is 478. The average Bonchev–Trinajstić information content (AvgIpc) is 2.79. The molecule has 2 aromatic rings. The number of hydrogen-bond acceptors (Lipinski definition) is 3. The van der Waals surface area contributed by atoms with Crippen molar-refractivity contribution in [3.8, 4) is 0 Å². The van der Waals surface area contributed by atoms with Gasteiger partial charge in [-0.25, -0.2) is 0 Å². The van der Waals surface area contributed by atoms with Gasteiger partial charge in [0.05, 0.1) is 12.2 Å². The monoisotopic (exact) mass is 216 g/mol. The molecule has 0 aliphatic heterocycles. The van der Waals surface area contributed by atoms with Gasteiger partial charge >= 0.3 is 0 Å². The smallest absolute Gasteiger partial charge is 0.269 e. The molecule has 0 aliphatic rings. The van der Waals surface area contributed by atoms with Gasteiger partial charge in [-0.05, 0) is 25.1 Å². The highest BCUT2D eigenvalue weighted by Crippen LogP contribution is 1.98. The second-order valence-corrected chi connectivity index (χ2v) is 3.42. The lowest BCUT2D eigenvalue weighted by molar-refractivity contribution is 0.0945. The van der Waals surface area contributed by atoms with Gasteiger partial charge in [-0.3, -0.25) is 14.9 Å². The lowest BCUT2D eigenvalue weighted by Crippen LogP contribution is -2.23. The SMILES string of the molecule is Cc1cccc(CNC(=O)c2ccn[nH]2)n1. The zero-order chi connectivity index (χ0) is 11.4. The van der Waals surface area contributed by atoms with Gasteiger partial charge in [-0.2, -0.15) is 5.10 Å². The van der Waals surface area contributed by atoms with Crippen LogP contribution < -0.4 is 5.32 Å². The quantitative estimate of drug-likeness (QED) is 0.805. The van der Waals surface area contributed by atoms with Gasteiger partial charge in [0, 0.05) is 11.9 Å².